The first-order valence-electron chi connectivity index (χ1n) is 6.85. The molecule has 0 radical (unpaired) electrons. The van der Waals surface area contributed by atoms with Gasteiger partial charge in [-0.15, -0.1) is 10.2 Å². The molecular weight excluding hydrogens is 286 g/mol. The van der Waals surface area contributed by atoms with E-state index in [2.05, 4.69) is 25.1 Å². The number of hydrogen-bond donors (Lipinski definition) is 1. The second kappa shape index (κ2) is 5.20. The average molecular weight is 303 g/mol. The number of carbonyl (C=O) groups excluding carboxylic acids is 1. The lowest BCUT2D eigenvalue weighted by atomic mass is 10.2. The Bertz CT molecular complexity index is 710. The van der Waals surface area contributed by atoms with E-state index in [0.717, 1.165) is 5.82 Å². The molecule has 22 heavy (non-hydrogen) atoms. The Hall–Kier alpha value is -2.78. The Kier molecular flexibility index (Phi) is 3.35. The number of amides is 1. The van der Waals surface area contributed by atoms with Gasteiger partial charge in [0.2, 0.25) is 17.7 Å². The normalized spacial score (nSPS) is 17.2. The number of aromatic nitrogens is 6. The number of nitrogens with two attached hydrogens (primary N) is 1. The molecule has 0 aromatic carbocycles. The molecule has 1 aliphatic heterocycles. The predicted molar refractivity (Wildman–Crippen MR) is 78.0 cm³/mol. The second-order valence-electron chi connectivity index (χ2n) is 5.27. The maximum Gasteiger partial charge on any atom is 0.292 e. The van der Waals surface area contributed by atoms with E-state index in [1.165, 1.54) is 0 Å². The van der Waals surface area contributed by atoms with Crippen LogP contribution in [0.15, 0.2) is 6.33 Å². The van der Waals surface area contributed by atoms with Crippen molar-refractivity contribution >= 4 is 17.8 Å². The highest BCUT2D eigenvalue weighted by molar-refractivity contribution is 5.91. The monoisotopic (exact) mass is 303 g/mol. The lowest BCUT2D eigenvalue weighted by Gasteiger charge is -2.32. The molecule has 0 saturated carbocycles. The summed E-state index contributed by atoms with van der Waals surface area (Å²) < 4.78 is 1.93. The average Bonchev–Trinajstić information content (AvgIpc) is 2.95. The molecule has 0 bridgehead atoms. The summed E-state index contributed by atoms with van der Waals surface area (Å²) in [5.74, 6) is 0.864. The number of hydrogen-bond acceptors (Lipinski definition) is 8. The van der Waals surface area contributed by atoms with Crippen LogP contribution in [0.3, 0.4) is 0 Å². The van der Waals surface area contributed by atoms with Crippen LogP contribution >= 0.6 is 0 Å². The molecule has 2 aromatic heterocycles. The topological polar surface area (TPSA) is 119 Å². The van der Waals surface area contributed by atoms with Crippen LogP contribution in [0, 0.1) is 0 Å². The van der Waals surface area contributed by atoms with Gasteiger partial charge in [-0.3, -0.25) is 4.79 Å². The fraction of sp³-hybridized carbons (Fsp3) is 0.500. The van der Waals surface area contributed by atoms with Gasteiger partial charge < -0.3 is 20.1 Å². The van der Waals surface area contributed by atoms with Crippen LogP contribution < -0.4 is 10.6 Å². The smallest absolute Gasteiger partial charge is 0.292 e. The summed E-state index contributed by atoms with van der Waals surface area (Å²) in [6.45, 7) is 3.07. The molecule has 0 aliphatic carbocycles. The van der Waals surface area contributed by atoms with Gasteiger partial charge in [0.1, 0.15) is 6.33 Å². The Morgan fingerprint density at radius 1 is 1.32 bits per heavy atom. The molecular formula is C12H17N9O. The first-order chi connectivity index (χ1) is 10.5. The number of nitrogens with zero attached hydrogens (tertiary/aromatic N) is 8. The van der Waals surface area contributed by atoms with Gasteiger partial charge in [-0.2, -0.15) is 15.0 Å². The molecule has 1 amide bonds. The third-order valence-corrected chi connectivity index (χ3v) is 3.56. The van der Waals surface area contributed by atoms with Gasteiger partial charge in [0, 0.05) is 27.2 Å². The summed E-state index contributed by atoms with van der Waals surface area (Å²) in [4.78, 5) is 28.2. The number of fused-ring (bicyclic) bond motifs is 1. The number of carbonyl (C=O) groups is 1. The summed E-state index contributed by atoms with van der Waals surface area (Å²) in [5.41, 5.74) is 5.67. The second-order valence-corrected chi connectivity index (χ2v) is 5.27. The van der Waals surface area contributed by atoms with Gasteiger partial charge in [0.05, 0.1) is 6.04 Å². The van der Waals surface area contributed by atoms with E-state index in [0.29, 0.717) is 19.0 Å². The molecule has 2 aromatic rings. The number of nitrogen functional groups attached to an aromatic ring is 1. The molecule has 10 heteroatoms. The van der Waals surface area contributed by atoms with E-state index in [4.69, 9.17) is 5.73 Å². The molecule has 116 valence electrons. The molecule has 0 saturated heterocycles. The highest BCUT2D eigenvalue weighted by Crippen LogP contribution is 2.24. The van der Waals surface area contributed by atoms with Crippen molar-refractivity contribution in [3.63, 3.8) is 0 Å². The molecule has 3 rings (SSSR count). The summed E-state index contributed by atoms with van der Waals surface area (Å²) in [6.07, 6.45) is 1.67. The third-order valence-electron chi connectivity index (χ3n) is 3.56. The summed E-state index contributed by atoms with van der Waals surface area (Å²) in [6, 6.07) is -0.204. The summed E-state index contributed by atoms with van der Waals surface area (Å²) >= 11 is 0. The standard InChI is InChI=1S/C12H17N9O/c1-7-9-18-14-6-20(9)4-5-21(7)10(22)8-15-11(13)17-12(16-8)19(2)3/h6-7H,4-5H2,1-3H3,(H2,13,15,16,17). The van der Waals surface area contributed by atoms with Crippen LogP contribution in [0.4, 0.5) is 11.9 Å². The lowest BCUT2D eigenvalue weighted by Crippen LogP contribution is -2.42. The fourth-order valence-electron chi connectivity index (χ4n) is 2.39. The van der Waals surface area contributed by atoms with Crippen LogP contribution in [-0.4, -0.2) is 61.2 Å². The van der Waals surface area contributed by atoms with Crippen molar-refractivity contribution in [3.8, 4) is 0 Å². The third kappa shape index (κ3) is 2.32. The van der Waals surface area contributed by atoms with Gasteiger partial charge >= 0.3 is 0 Å². The largest absolute Gasteiger partial charge is 0.368 e. The first kappa shape index (κ1) is 14.2. The van der Waals surface area contributed by atoms with E-state index in [1.807, 2.05) is 11.5 Å². The van der Waals surface area contributed by atoms with E-state index in [1.54, 1.807) is 30.2 Å². The minimum Gasteiger partial charge on any atom is -0.368 e. The molecule has 0 spiro atoms. The quantitative estimate of drug-likeness (QED) is 0.775. The van der Waals surface area contributed by atoms with Crippen LogP contribution in [0.1, 0.15) is 29.4 Å². The molecule has 1 unspecified atom stereocenters. The lowest BCUT2D eigenvalue weighted by molar-refractivity contribution is 0.0625. The van der Waals surface area contributed by atoms with Crippen molar-refractivity contribution in [2.75, 3.05) is 31.3 Å². The maximum absolute atomic E-state index is 12.7. The Morgan fingerprint density at radius 2 is 2.09 bits per heavy atom. The fourth-order valence-corrected chi connectivity index (χ4v) is 2.39. The van der Waals surface area contributed by atoms with E-state index in [9.17, 15) is 4.79 Å². The van der Waals surface area contributed by atoms with Crippen molar-refractivity contribution < 1.29 is 4.79 Å². The van der Waals surface area contributed by atoms with Gasteiger partial charge in [0.15, 0.2) is 5.82 Å². The maximum atomic E-state index is 12.7. The van der Waals surface area contributed by atoms with Crippen LogP contribution in [0.25, 0.3) is 0 Å². The number of rotatable bonds is 2. The Balaban J connectivity index is 1.92. The predicted octanol–water partition coefficient (Wildman–Crippen LogP) is -0.672. The van der Waals surface area contributed by atoms with Gasteiger partial charge in [0.25, 0.3) is 5.91 Å². The minimum atomic E-state index is -0.293. The highest BCUT2D eigenvalue weighted by atomic mass is 16.2. The Labute approximate surface area is 127 Å². The van der Waals surface area contributed by atoms with E-state index in [-0.39, 0.29) is 23.7 Å². The van der Waals surface area contributed by atoms with Crippen molar-refractivity contribution in [3.05, 3.63) is 18.0 Å². The number of anilines is 2. The van der Waals surface area contributed by atoms with Crippen molar-refractivity contribution in [2.45, 2.75) is 19.5 Å². The minimum absolute atomic E-state index is 0.0230. The molecule has 10 nitrogen and oxygen atoms in total. The molecule has 3 heterocycles. The molecule has 1 aliphatic rings. The van der Waals surface area contributed by atoms with Crippen LogP contribution in [0.2, 0.25) is 0 Å². The molecule has 1 atom stereocenters. The van der Waals surface area contributed by atoms with Crippen LogP contribution in [0.5, 0.6) is 0 Å². The van der Waals surface area contributed by atoms with E-state index < -0.39 is 0 Å². The first-order valence-corrected chi connectivity index (χ1v) is 6.85. The zero-order valence-corrected chi connectivity index (χ0v) is 12.6. The van der Waals surface area contributed by atoms with Gasteiger partial charge in [-0.1, -0.05) is 0 Å². The van der Waals surface area contributed by atoms with Crippen molar-refractivity contribution in [1.29, 1.82) is 0 Å². The van der Waals surface area contributed by atoms with Crippen molar-refractivity contribution in [1.82, 2.24) is 34.6 Å². The van der Waals surface area contributed by atoms with Gasteiger partial charge in [-0.05, 0) is 6.92 Å². The van der Waals surface area contributed by atoms with Gasteiger partial charge in [-0.25, -0.2) is 0 Å². The zero-order valence-electron chi connectivity index (χ0n) is 12.6. The van der Waals surface area contributed by atoms with Crippen molar-refractivity contribution in [2.24, 2.45) is 0 Å². The van der Waals surface area contributed by atoms with Crippen LogP contribution in [-0.2, 0) is 6.54 Å². The summed E-state index contributed by atoms with van der Waals surface area (Å²) in [5, 5.41) is 7.94. The molecule has 0 fully saturated rings. The highest BCUT2D eigenvalue weighted by Gasteiger charge is 2.31. The summed E-state index contributed by atoms with van der Waals surface area (Å²) in [7, 11) is 3.55. The molecule has 2 N–H and O–H groups in total. The SMILES string of the molecule is CC1c2nncn2CCN1C(=O)c1nc(N)nc(N(C)C)n1. The zero-order chi connectivity index (χ0) is 15.9. The van der Waals surface area contributed by atoms with E-state index >= 15 is 0 Å². The Morgan fingerprint density at radius 3 is 2.82 bits per heavy atom.